The number of hydrogen-bond acceptors (Lipinski definition) is 2. The summed E-state index contributed by atoms with van der Waals surface area (Å²) in [5.74, 6) is 1.72. The molecule has 1 fully saturated rings. The van der Waals surface area contributed by atoms with Gasteiger partial charge in [-0.05, 0) is 75.2 Å². The lowest BCUT2D eigenvalue weighted by Crippen LogP contribution is -2.39. The Morgan fingerprint density at radius 3 is 2.10 bits per heavy atom. The molecule has 1 aromatic carbocycles. The van der Waals surface area contributed by atoms with Crippen LogP contribution in [0.3, 0.4) is 0 Å². The van der Waals surface area contributed by atoms with Crippen LogP contribution in [-0.4, -0.2) is 24.5 Å². The predicted molar refractivity (Wildman–Crippen MR) is 91.6 cm³/mol. The summed E-state index contributed by atoms with van der Waals surface area (Å²) in [7, 11) is 0. The molecule has 1 saturated heterocycles. The molecule has 0 aromatic heterocycles. The lowest BCUT2D eigenvalue weighted by Gasteiger charge is -2.35. The van der Waals surface area contributed by atoms with E-state index < -0.39 is 0 Å². The Balaban J connectivity index is 1.98. The van der Waals surface area contributed by atoms with Gasteiger partial charge in [0.2, 0.25) is 0 Å². The molecule has 1 aliphatic rings. The maximum atomic E-state index is 6.53. The minimum absolute atomic E-state index is 0.140. The van der Waals surface area contributed by atoms with Crippen LogP contribution in [0.2, 0.25) is 0 Å². The van der Waals surface area contributed by atoms with Gasteiger partial charge in [-0.3, -0.25) is 0 Å². The highest BCUT2D eigenvalue weighted by Crippen LogP contribution is 2.27. The number of aryl methyl sites for hydroxylation is 3. The van der Waals surface area contributed by atoms with Gasteiger partial charge in [-0.15, -0.1) is 0 Å². The van der Waals surface area contributed by atoms with Crippen molar-refractivity contribution < 1.29 is 0 Å². The Labute approximate surface area is 130 Å². The van der Waals surface area contributed by atoms with Crippen molar-refractivity contribution in [3.8, 4) is 0 Å². The fourth-order valence-corrected chi connectivity index (χ4v) is 3.95. The molecule has 0 amide bonds. The highest BCUT2D eigenvalue weighted by molar-refractivity contribution is 5.39. The summed E-state index contributed by atoms with van der Waals surface area (Å²) in [6.45, 7) is 14.7. The first-order chi connectivity index (χ1) is 9.88. The van der Waals surface area contributed by atoms with Crippen LogP contribution in [0.15, 0.2) is 12.1 Å². The molecular weight excluding hydrogens is 256 g/mol. The maximum Gasteiger partial charge on any atom is 0.0429 e. The molecule has 118 valence electrons. The first-order valence-electron chi connectivity index (χ1n) is 8.44. The number of benzene rings is 1. The van der Waals surface area contributed by atoms with E-state index in [1.165, 1.54) is 48.2 Å². The van der Waals surface area contributed by atoms with E-state index in [4.69, 9.17) is 5.73 Å². The standard InChI is InChI=1S/C19H32N2/c1-13(2)17-6-8-21(9-7-17)12-18(20)19-15(4)10-14(3)11-16(19)5/h10-11,13,17-18H,6-9,12,20H2,1-5H3. The summed E-state index contributed by atoms with van der Waals surface area (Å²) in [6.07, 6.45) is 2.66. The molecule has 1 aromatic rings. The Morgan fingerprint density at radius 2 is 1.62 bits per heavy atom. The molecule has 0 aliphatic carbocycles. The van der Waals surface area contributed by atoms with Crippen LogP contribution in [0, 0.1) is 32.6 Å². The van der Waals surface area contributed by atoms with Crippen molar-refractivity contribution in [2.24, 2.45) is 17.6 Å². The molecular formula is C19H32N2. The van der Waals surface area contributed by atoms with Crippen molar-refractivity contribution in [1.82, 2.24) is 4.90 Å². The number of likely N-dealkylation sites (tertiary alicyclic amines) is 1. The van der Waals surface area contributed by atoms with Gasteiger partial charge in [-0.2, -0.15) is 0 Å². The predicted octanol–water partition coefficient (Wildman–Crippen LogP) is 3.98. The van der Waals surface area contributed by atoms with E-state index in [9.17, 15) is 0 Å². The largest absolute Gasteiger partial charge is 0.323 e. The third-order valence-electron chi connectivity index (χ3n) is 5.14. The van der Waals surface area contributed by atoms with Crippen molar-refractivity contribution >= 4 is 0 Å². The van der Waals surface area contributed by atoms with Gasteiger partial charge in [-0.25, -0.2) is 0 Å². The van der Waals surface area contributed by atoms with E-state index in [0.29, 0.717) is 0 Å². The molecule has 0 bridgehead atoms. The zero-order valence-corrected chi connectivity index (χ0v) is 14.4. The molecule has 2 N–H and O–H groups in total. The van der Waals surface area contributed by atoms with Crippen molar-refractivity contribution in [3.63, 3.8) is 0 Å². The number of rotatable bonds is 4. The first-order valence-corrected chi connectivity index (χ1v) is 8.44. The van der Waals surface area contributed by atoms with Gasteiger partial charge < -0.3 is 10.6 Å². The fraction of sp³-hybridized carbons (Fsp3) is 0.684. The highest BCUT2D eigenvalue weighted by Gasteiger charge is 2.23. The van der Waals surface area contributed by atoms with E-state index in [2.05, 4.69) is 51.7 Å². The zero-order chi connectivity index (χ0) is 15.6. The van der Waals surface area contributed by atoms with Crippen LogP contribution in [0.1, 0.15) is 55.0 Å². The van der Waals surface area contributed by atoms with Crippen LogP contribution in [0.4, 0.5) is 0 Å². The van der Waals surface area contributed by atoms with Crippen molar-refractivity contribution in [2.75, 3.05) is 19.6 Å². The third kappa shape index (κ3) is 4.08. The van der Waals surface area contributed by atoms with Gasteiger partial charge in [-0.1, -0.05) is 31.5 Å². The van der Waals surface area contributed by atoms with Crippen LogP contribution < -0.4 is 5.73 Å². The summed E-state index contributed by atoms with van der Waals surface area (Å²) < 4.78 is 0. The van der Waals surface area contributed by atoms with E-state index in [1.807, 2.05) is 0 Å². The minimum Gasteiger partial charge on any atom is -0.323 e. The second-order valence-corrected chi connectivity index (χ2v) is 7.30. The molecule has 1 atom stereocenters. The van der Waals surface area contributed by atoms with Gasteiger partial charge in [0.25, 0.3) is 0 Å². The van der Waals surface area contributed by atoms with E-state index in [-0.39, 0.29) is 6.04 Å². The van der Waals surface area contributed by atoms with Crippen molar-refractivity contribution in [1.29, 1.82) is 0 Å². The molecule has 21 heavy (non-hydrogen) atoms. The highest BCUT2D eigenvalue weighted by atomic mass is 15.1. The normalized spacial score (nSPS) is 19.2. The molecule has 1 unspecified atom stereocenters. The summed E-state index contributed by atoms with van der Waals surface area (Å²) in [6, 6.07) is 4.65. The third-order valence-corrected chi connectivity index (χ3v) is 5.14. The molecule has 0 saturated carbocycles. The molecule has 0 radical (unpaired) electrons. The topological polar surface area (TPSA) is 29.3 Å². The van der Waals surface area contributed by atoms with Crippen LogP contribution in [0.5, 0.6) is 0 Å². The lowest BCUT2D eigenvalue weighted by molar-refractivity contribution is 0.151. The Morgan fingerprint density at radius 1 is 1.10 bits per heavy atom. The number of piperidine rings is 1. The maximum absolute atomic E-state index is 6.53. The summed E-state index contributed by atoms with van der Waals surface area (Å²) in [5.41, 5.74) is 11.9. The molecule has 2 rings (SSSR count). The summed E-state index contributed by atoms with van der Waals surface area (Å²) in [4.78, 5) is 2.56. The van der Waals surface area contributed by atoms with Gasteiger partial charge in [0.15, 0.2) is 0 Å². The number of nitrogens with two attached hydrogens (primary N) is 1. The summed E-state index contributed by atoms with van der Waals surface area (Å²) in [5, 5.41) is 0. The second-order valence-electron chi connectivity index (χ2n) is 7.30. The van der Waals surface area contributed by atoms with Gasteiger partial charge in [0, 0.05) is 12.6 Å². The lowest BCUT2D eigenvalue weighted by atomic mass is 9.86. The van der Waals surface area contributed by atoms with Crippen molar-refractivity contribution in [3.05, 3.63) is 34.4 Å². The van der Waals surface area contributed by atoms with E-state index >= 15 is 0 Å². The Kier molecular flexibility index (Phi) is 5.45. The summed E-state index contributed by atoms with van der Waals surface area (Å²) >= 11 is 0. The van der Waals surface area contributed by atoms with Crippen LogP contribution in [-0.2, 0) is 0 Å². The monoisotopic (exact) mass is 288 g/mol. The molecule has 1 aliphatic heterocycles. The average molecular weight is 288 g/mol. The first kappa shape index (κ1) is 16.5. The average Bonchev–Trinajstić information content (AvgIpc) is 2.37. The second kappa shape index (κ2) is 6.93. The van der Waals surface area contributed by atoms with E-state index in [0.717, 1.165) is 18.4 Å². The number of nitrogens with zero attached hydrogens (tertiary/aromatic N) is 1. The Hall–Kier alpha value is -0.860. The minimum atomic E-state index is 0.140. The number of hydrogen-bond donors (Lipinski definition) is 1. The zero-order valence-electron chi connectivity index (χ0n) is 14.4. The van der Waals surface area contributed by atoms with E-state index in [1.54, 1.807) is 0 Å². The van der Waals surface area contributed by atoms with Crippen molar-refractivity contribution in [2.45, 2.75) is 53.5 Å². The van der Waals surface area contributed by atoms with Crippen LogP contribution >= 0.6 is 0 Å². The van der Waals surface area contributed by atoms with Gasteiger partial charge >= 0.3 is 0 Å². The molecule has 2 nitrogen and oxygen atoms in total. The Bertz CT molecular complexity index is 447. The quantitative estimate of drug-likeness (QED) is 0.908. The fourth-order valence-electron chi connectivity index (χ4n) is 3.95. The molecule has 1 heterocycles. The SMILES string of the molecule is Cc1cc(C)c(C(N)CN2CCC(C(C)C)CC2)c(C)c1. The molecule has 0 spiro atoms. The van der Waals surface area contributed by atoms with Crippen LogP contribution in [0.25, 0.3) is 0 Å². The van der Waals surface area contributed by atoms with Gasteiger partial charge in [0.1, 0.15) is 0 Å². The van der Waals surface area contributed by atoms with Gasteiger partial charge in [0.05, 0.1) is 0 Å². The smallest absolute Gasteiger partial charge is 0.0429 e. The molecule has 2 heteroatoms.